The van der Waals surface area contributed by atoms with Crippen molar-refractivity contribution in [2.24, 2.45) is 11.8 Å². The molecule has 0 atom stereocenters. The van der Waals surface area contributed by atoms with E-state index in [9.17, 15) is 4.79 Å². The molecular formula is C26H35NO3. The minimum atomic E-state index is -0.0910. The highest BCUT2D eigenvalue weighted by Crippen LogP contribution is 2.32. The highest BCUT2D eigenvalue weighted by molar-refractivity contribution is 5.84. The quantitative estimate of drug-likeness (QED) is 0.534. The molecule has 2 aromatic carbocycles. The van der Waals surface area contributed by atoms with Gasteiger partial charge >= 0.3 is 5.97 Å². The van der Waals surface area contributed by atoms with Gasteiger partial charge in [0.2, 0.25) is 0 Å². The maximum Gasteiger partial charge on any atom is 0.311 e. The number of benzene rings is 2. The number of esters is 1. The van der Waals surface area contributed by atoms with Gasteiger partial charge in [-0.15, -0.1) is 0 Å². The lowest BCUT2D eigenvalue weighted by molar-refractivity contribution is -0.151. The first-order valence-corrected chi connectivity index (χ1v) is 11.6. The van der Waals surface area contributed by atoms with Crippen molar-refractivity contribution in [2.75, 3.05) is 20.2 Å². The second kappa shape index (κ2) is 9.82. The predicted octanol–water partition coefficient (Wildman–Crippen LogP) is 5.57. The summed E-state index contributed by atoms with van der Waals surface area (Å²) in [4.78, 5) is 13.8. The van der Waals surface area contributed by atoms with Gasteiger partial charge < -0.3 is 9.47 Å². The van der Waals surface area contributed by atoms with Crippen molar-refractivity contribution in [2.45, 2.75) is 64.5 Å². The molecule has 1 heterocycles. The van der Waals surface area contributed by atoms with Gasteiger partial charge in [0.25, 0.3) is 0 Å². The largest absolute Gasteiger partial charge is 0.490 e. The van der Waals surface area contributed by atoms with Crippen molar-refractivity contribution < 1.29 is 14.3 Å². The van der Waals surface area contributed by atoms with Gasteiger partial charge in [-0.3, -0.25) is 9.69 Å². The van der Waals surface area contributed by atoms with Crippen LogP contribution in [0.3, 0.4) is 0 Å². The van der Waals surface area contributed by atoms with Gasteiger partial charge in [0.1, 0.15) is 5.75 Å². The maximum absolute atomic E-state index is 11.5. The molecular weight excluding hydrogens is 374 g/mol. The molecule has 1 aliphatic heterocycles. The number of methoxy groups -OCH3 is 1. The van der Waals surface area contributed by atoms with Gasteiger partial charge in [0.05, 0.1) is 19.1 Å². The lowest BCUT2D eigenvalue weighted by Crippen LogP contribution is -2.49. The Balaban J connectivity index is 1.30. The van der Waals surface area contributed by atoms with E-state index in [2.05, 4.69) is 48.2 Å². The zero-order valence-corrected chi connectivity index (χ0v) is 18.4. The predicted molar refractivity (Wildman–Crippen MR) is 121 cm³/mol. The van der Waals surface area contributed by atoms with Crippen LogP contribution in [-0.4, -0.2) is 37.2 Å². The average Bonchev–Trinajstić information content (AvgIpc) is 2.75. The van der Waals surface area contributed by atoms with Gasteiger partial charge in [0, 0.05) is 19.6 Å². The molecule has 30 heavy (non-hydrogen) atoms. The fraction of sp³-hybridized carbons (Fsp3) is 0.577. The second-order valence-corrected chi connectivity index (χ2v) is 9.16. The minimum absolute atomic E-state index is 0.0388. The second-order valence-electron chi connectivity index (χ2n) is 9.16. The van der Waals surface area contributed by atoms with Crippen molar-refractivity contribution in [3.8, 4) is 5.75 Å². The van der Waals surface area contributed by atoms with Gasteiger partial charge in [-0.1, -0.05) is 44.4 Å². The van der Waals surface area contributed by atoms with Crippen LogP contribution in [0.2, 0.25) is 0 Å². The Bertz CT molecular complexity index is 850. The molecule has 0 amide bonds. The third kappa shape index (κ3) is 5.15. The monoisotopic (exact) mass is 409 g/mol. The van der Waals surface area contributed by atoms with Crippen LogP contribution in [0.1, 0.15) is 57.4 Å². The van der Waals surface area contributed by atoms with Gasteiger partial charge in [-0.25, -0.2) is 0 Å². The number of hydrogen-bond acceptors (Lipinski definition) is 4. The lowest BCUT2D eigenvalue weighted by atomic mass is 9.84. The van der Waals surface area contributed by atoms with Gasteiger partial charge in [-0.05, 0) is 66.1 Å². The van der Waals surface area contributed by atoms with E-state index in [0.29, 0.717) is 6.10 Å². The van der Waals surface area contributed by atoms with Crippen LogP contribution >= 0.6 is 0 Å². The first kappa shape index (κ1) is 21.2. The van der Waals surface area contributed by atoms with E-state index in [1.807, 2.05) is 0 Å². The number of rotatable bonds is 8. The molecule has 1 saturated heterocycles. The summed E-state index contributed by atoms with van der Waals surface area (Å²) in [6.07, 6.45) is 9.44. The van der Waals surface area contributed by atoms with Crippen LogP contribution in [0.5, 0.6) is 5.75 Å². The summed E-state index contributed by atoms with van der Waals surface area (Å²) in [6, 6.07) is 13.1. The minimum Gasteiger partial charge on any atom is -0.490 e. The molecule has 162 valence electrons. The van der Waals surface area contributed by atoms with Crippen molar-refractivity contribution in [3.63, 3.8) is 0 Å². The lowest BCUT2D eigenvalue weighted by Gasteiger charge is -2.37. The van der Waals surface area contributed by atoms with Gasteiger partial charge in [0.15, 0.2) is 0 Å². The number of unbranched alkanes of at least 4 members (excludes halogenated alkanes) is 1. The molecule has 0 bridgehead atoms. The Morgan fingerprint density at radius 2 is 1.77 bits per heavy atom. The maximum atomic E-state index is 11.5. The molecule has 0 aromatic heterocycles. The fourth-order valence-electron chi connectivity index (χ4n) is 4.94. The number of carbonyl (C=O) groups excluding carboxylic acids is 1. The fourth-order valence-corrected chi connectivity index (χ4v) is 4.94. The van der Waals surface area contributed by atoms with Crippen LogP contribution < -0.4 is 4.74 Å². The molecule has 1 aliphatic carbocycles. The average molecular weight is 410 g/mol. The highest BCUT2D eigenvalue weighted by Gasteiger charge is 2.33. The van der Waals surface area contributed by atoms with E-state index in [4.69, 9.17) is 9.47 Å². The zero-order valence-electron chi connectivity index (χ0n) is 18.4. The first-order valence-electron chi connectivity index (χ1n) is 11.6. The zero-order chi connectivity index (χ0) is 20.9. The Kier molecular flexibility index (Phi) is 6.93. The molecule has 2 fully saturated rings. The summed E-state index contributed by atoms with van der Waals surface area (Å²) in [5.41, 5.74) is 1.28. The third-order valence-electron chi connectivity index (χ3n) is 6.84. The van der Waals surface area contributed by atoms with Crippen LogP contribution in [0.25, 0.3) is 10.8 Å². The molecule has 4 rings (SSSR count). The summed E-state index contributed by atoms with van der Waals surface area (Å²) in [5, 5.41) is 2.47. The van der Waals surface area contributed by atoms with Crippen LogP contribution in [0.4, 0.5) is 0 Å². The Morgan fingerprint density at radius 1 is 1.03 bits per heavy atom. The molecule has 0 spiro atoms. The van der Waals surface area contributed by atoms with Crippen molar-refractivity contribution >= 4 is 16.7 Å². The Hall–Kier alpha value is -2.07. The molecule has 4 nitrogen and oxygen atoms in total. The topological polar surface area (TPSA) is 38.8 Å². The summed E-state index contributed by atoms with van der Waals surface area (Å²) in [5.74, 6) is 1.86. The van der Waals surface area contributed by atoms with Gasteiger partial charge in [-0.2, -0.15) is 0 Å². The van der Waals surface area contributed by atoms with E-state index in [-0.39, 0.29) is 11.9 Å². The number of nitrogens with zero attached hydrogens (tertiary/aromatic N) is 1. The molecule has 1 saturated carbocycles. The summed E-state index contributed by atoms with van der Waals surface area (Å²) < 4.78 is 11.1. The smallest absolute Gasteiger partial charge is 0.311 e. The van der Waals surface area contributed by atoms with E-state index in [0.717, 1.165) is 31.3 Å². The normalized spacial score (nSPS) is 22.6. The van der Waals surface area contributed by atoms with Crippen molar-refractivity contribution in [1.82, 2.24) is 4.90 Å². The van der Waals surface area contributed by atoms with Crippen LogP contribution in [0, 0.1) is 11.8 Å². The van der Waals surface area contributed by atoms with E-state index >= 15 is 0 Å². The number of fused-ring (bicyclic) bond motifs is 1. The number of likely N-dealkylation sites (tertiary alicyclic amines) is 1. The van der Waals surface area contributed by atoms with E-state index in [1.165, 1.54) is 68.4 Å². The molecule has 0 N–H and O–H groups in total. The number of carbonyl (C=O) groups is 1. The van der Waals surface area contributed by atoms with E-state index in [1.54, 1.807) is 0 Å². The highest BCUT2D eigenvalue weighted by atomic mass is 16.5. The Morgan fingerprint density at radius 3 is 2.50 bits per heavy atom. The van der Waals surface area contributed by atoms with Crippen molar-refractivity contribution in [3.05, 3.63) is 42.0 Å². The number of ether oxygens (including phenoxy) is 2. The molecule has 0 radical (unpaired) electrons. The SMILES string of the molecule is CCCCC1CCC(Oc2ccc3cc(CN4CC(C(=O)OC)C4)ccc3c2)CC1. The molecule has 2 aliphatic rings. The third-order valence-corrected chi connectivity index (χ3v) is 6.84. The van der Waals surface area contributed by atoms with E-state index < -0.39 is 0 Å². The summed E-state index contributed by atoms with van der Waals surface area (Å²) in [7, 11) is 1.46. The molecule has 2 aromatic rings. The standard InChI is InChI=1S/C26H35NO3/c1-3-4-5-19-7-11-24(12-8-19)30-25-13-10-21-14-20(6-9-22(21)15-25)16-27-17-23(18-27)26(28)29-2/h6,9-10,13-15,19,23-24H,3-5,7-8,11-12,16-18H2,1-2H3. The molecule has 0 unspecified atom stereocenters. The summed E-state index contributed by atoms with van der Waals surface area (Å²) in [6.45, 7) is 4.74. The molecule has 4 heteroatoms. The summed E-state index contributed by atoms with van der Waals surface area (Å²) >= 11 is 0. The van der Waals surface area contributed by atoms with Crippen LogP contribution in [-0.2, 0) is 16.1 Å². The number of hydrogen-bond donors (Lipinski definition) is 0. The first-order chi connectivity index (χ1) is 14.6. The van der Waals surface area contributed by atoms with Crippen LogP contribution in [0.15, 0.2) is 36.4 Å². The Labute approximate surface area is 180 Å². The van der Waals surface area contributed by atoms with Crippen molar-refractivity contribution in [1.29, 1.82) is 0 Å².